The number of nitrogen functional groups attached to an aromatic ring is 1. The summed E-state index contributed by atoms with van der Waals surface area (Å²) in [5.74, 6) is 1.47. The molecule has 0 amide bonds. The van der Waals surface area contributed by atoms with Gasteiger partial charge in [-0.2, -0.15) is 0 Å². The predicted octanol–water partition coefficient (Wildman–Crippen LogP) is -0.178. The molecule has 1 aliphatic heterocycles. The van der Waals surface area contributed by atoms with Crippen LogP contribution in [0.25, 0.3) is 0 Å². The largest absolute Gasteiger partial charge is 0.379 e. The summed E-state index contributed by atoms with van der Waals surface area (Å²) in [6.45, 7) is 4.81. The maximum Gasteiger partial charge on any atom is 0.222 e. The third-order valence-corrected chi connectivity index (χ3v) is 3.61. The highest BCUT2D eigenvalue weighted by molar-refractivity contribution is 7.99. The molecule has 0 aromatic carbocycles. The molecule has 1 fully saturated rings. The SMILES string of the molecule is Cn1c(N)nnc1SCCN1CCOCC1. The molecule has 1 aliphatic rings. The summed E-state index contributed by atoms with van der Waals surface area (Å²) in [6.07, 6.45) is 0. The zero-order valence-corrected chi connectivity index (χ0v) is 10.2. The van der Waals surface area contributed by atoms with E-state index in [-0.39, 0.29) is 0 Å². The monoisotopic (exact) mass is 243 g/mol. The van der Waals surface area contributed by atoms with Crippen LogP contribution in [0.15, 0.2) is 5.16 Å². The fraction of sp³-hybridized carbons (Fsp3) is 0.778. The molecule has 1 aromatic heterocycles. The van der Waals surface area contributed by atoms with Crippen molar-refractivity contribution >= 4 is 17.7 Å². The summed E-state index contributed by atoms with van der Waals surface area (Å²) in [5, 5.41) is 8.70. The Labute approximate surface area is 99.1 Å². The van der Waals surface area contributed by atoms with E-state index in [0.717, 1.165) is 43.8 Å². The van der Waals surface area contributed by atoms with Crippen molar-refractivity contribution in [2.75, 3.05) is 44.3 Å². The molecule has 0 unspecified atom stereocenters. The van der Waals surface area contributed by atoms with Crippen LogP contribution in [0, 0.1) is 0 Å². The van der Waals surface area contributed by atoms with Crippen molar-refractivity contribution in [1.29, 1.82) is 0 Å². The van der Waals surface area contributed by atoms with Crippen molar-refractivity contribution in [2.24, 2.45) is 7.05 Å². The second-order valence-electron chi connectivity index (χ2n) is 3.70. The van der Waals surface area contributed by atoms with Crippen LogP contribution in [0.1, 0.15) is 0 Å². The van der Waals surface area contributed by atoms with Gasteiger partial charge in [0.2, 0.25) is 5.95 Å². The Kier molecular flexibility index (Phi) is 4.03. The van der Waals surface area contributed by atoms with E-state index in [2.05, 4.69) is 15.1 Å². The number of thioether (sulfide) groups is 1. The Morgan fingerprint density at radius 1 is 1.38 bits per heavy atom. The number of nitrogens with two attached hydrogens (primary N) is 1. The van der Waals surface area contributed by atoms with Gasteiger partial charge in [0.1, 0.15) is 0 Å². The molecule has 6 nitrogen and oxygen atoms in total. The minimum atomic E-state index is 0.467. The number of anilines is 1. The van der Waals surface area contributed by atoms with Gasteiger partial charge in [-0.05, 0) is 0 Å². The quantitative estimate of drug-likeness (QED) is 0.740. The number of hydrogen-bond donors (Lipinski definition) is 1. The van der Waals surface area contributed by atoms with E-state index in [4.69, 9.17) is 10.5 Å². The molecular formula is C9H17N5OS. The lowest BCUT2D eigenvalue weighted by atomic mass is 10.4. The zero-order valence-electron chi connectivity index (χ0n) is 9.43. The molecule has 7 heteroatoms. The fourth-order valence-corrected chi connectivity index (χ4v) is 2.46. The molecule has 0 saturated carbocycles. The number of rotatable bonds is 4. The van der Waals surface area contributed by atoms with Gasteiger partial charge in [0.05, 0.1) is 13.2 Å². The van der Waals surface area contributed by atoms with Crippen LogP contribution >= 0.6 is 11.8 Å². The molecule has 1 saturated heterocycles. The van der Waals surface area contributed by atoms with Crippen LogP contribution in [0.5, 0.6) is 0 Å². The van der Waals surface area contributed by atoms with Crippen LogP contribution in [0.3, 0.4) is 0 Å². The fourth-order valence-electron chi connectivity index (χ4n) is 1.54. The maximum atomic E-state index is 5.60. The number of morpholine rings is 1. The first-order valence-corrected chi connectivity index (χ1v) is 6.33. The van der Waals surface area contributed by atoms with Gasteiger partial charge < -0.3 is 10.5 Å². The second kappa shape index (κ2) is 5.51. The van der Waals surface area contributed by atoms with Crippen LogP contribution in [-0.4, -0.2) is 58.3 Å². The third-order valence-electron chi connectivity index (χ3n) is 2.61. The summed E-state index contributed by atoms with van der Waals surface area (Å²) >= 11 is 1.69. The van der Waals surface area contributed by atoms with E-state index in [1.807, 2.05) is 11.6 Å². The van der Waals surface area contributed by atoms with E-state index in [9.17, 15) is 0 Å². The average Bonchev–Trinajstić information content (AvgIpc) is 2.62. The Balaban J connectivity index is 1.73. The first kappa shape index (κ1) is 11.7. The van der Waals surface area contributed by atoms with Crippen molar-refractivity contribution in [3.05, 3.63) is 0 Å². The van der Waals surface area contributed by atoms with Gasteiger partial charge in [-0.3, -0.25) is 9.47 Å². The maximum absolute atomic E-state index is 5.60. The van der Waals surface area contributed by atoms with Gasteiger partial charge in [0.15, 0.2) is 5.16 Å². The van der Waals surface area contributed by atoms with Gasteiger partial charge in [0.25, 0.3) is 0 Å². The molecule has 90 valence electrons. The topological polar surface area (TPSA) is 69.2 Å². The molecular weight excluding hydrogens is 226 g/mol. The molecule has 0 radical (unpaired) electrons. The summed E-state index contributed by atoms with van der Waals surface area (Å²) in [6, 6.07) is 0. The first-order chi connectivity index (χ1) is 7.77. The second-order valence-corrected chi connectivity index (χ2v) is 4.76. The number of hydrogen-bond acceptors (Lipinski definition) is 6. The summed E-state index contributed by atoms with van der Waals surface area (Å²) < 4.78 is 7.10. The highest BCUT2D eigenvalue weighted by Crippen LogP contribution is 2.16. The lowest BCUT2D eigenvalue weighted by Gasteiger charge is -2.26. The first-order valence-electron chi connectivity index (χ1n) is 5.35. The highest BCUT2D eigenvalue weighted by atomic mass is 32.2. The van der Waals surface area contributed by atoms with Gasteiger partial charge in [-0.25, -0.2) is 0 Å². The van der Waals surface area contributed by atoms with Gasteiger partial charge in [-0.1, -0.05) is 11.8 Å². The average molecular weight is 243 g/mol. The van der Waals surface area contributed by atoms with Crippen molar-refractivity contribution < 1.29 is 4.74 Å². The van der Waals surface area contributed by atoms with E-state index < -0.39 is 0 Å². The summed E-state index contributed by atoms with van der Waals surface area (Å²) in [7, 11) is 1.88. The Morgan fingerprint density at radius 2 is 2.12 bits per heavy atom. The summed E-state index contributed by atoms with van der Waals surface area (Å²) in [5.41, 5.74) is 5.60. The molecule has 2 heterocycles. The normalized spacial score (nSPS) is 17.8. The van der Waals surface area contributed by atoms with Gasteiger partial charge in [-0.15, -0.1) is 10.2 Å². The number of ether oxygens (including phenoxy) is 1. The van der Waals surface area contributed by atoms with Gasteiger partial charge >= 0.3 is 0 Å². The molecule has 1 aromatic rings. The van der Waals surface area contributed by atoms with E-state index in [0.29, 0.717) is 5.95 Å². The van der Waals surface area contributed by atoms with Crippen molar-refractivity contribution in [3.8, 4) is 0 Å². The van der Waals surface area contributed by atoms with Crippen LogP contribution in [-0.2, 0) is 11.8 Å². The Morgan fingerprint density at radius 3 is 2.75 bits per heavy atom. The van der Waals surface area contributed by atoms with Crippen molar-refractivity contribution in [3.63, 3.8) is 0 Å². The molecule has 2 rings (SSSR count). The lowest BCUT2D eigenvalue weighted by Crippen LogP contribution is -2.37. The summed E-state index contributed by atoms with van der Waals surface area (Å²) in [4.78, 5) is 2.40. The standard InChI is InChI=1S/C9H17N5OS/c1-13-8(10)11-12-9(13)16-7-4-14-2-5-15-6-3-14/h2-7H2,1H3,(H2,10,11). The Bertz CT molecular complexity index is 337. The predicted molar refractivity (Wildman–Crippen MR) is 63.4 cm³/mol. The molecule has 2 N–H and O–H groups in total. The molecule has 0 spiro atoms. The smallest absolute Gasteiger partial charge is 0.222 e. The van der Waals surface area contributed by atoms with E-state index in [1.54, 1.807) is 11.8 Å². The van der Waals surface area contributed by atoms with E-state index in [1.165, 1.54) is 0 Å². The highest BCUT2D eigenvalue weighted by Gasteiger charge is 2.11. The van der Waals surface area contributed by atoms with Crippen LogP contribution < -0.4 is 5.73 Å². The minimum Gasteiger partial charge on any atom is -0.379 e. The van der Waals surface area contributed by atoms with Crippen LogP contribution in [0.4, 0.5) is 5.95 Å². The minimum absolute atomic E-state index is 0.467. The third kappa shape index (κ3) is 2.87. The zero-order chi connectivity index (χ0) is 11.4. The van der Waals surface area contributed by atoms with Gasteiger partial charge in [0, 0.05) is 32.4 Å². The lowest BCUT2D eigenvalue weighted by molar-refractivity contribution is 0.0410. The molecule has 16 heavy (non-hydrogen) atoms. The van der Waals surface area contributed by atoms with Crippen LogP contribution in [0.2, 0.25) is 0 Å². The van der Waals surface area contributed by atoms with E-state index >= 15 is 0 Å². The Hall–Kier alpha value is -0.790. The van der Waals surface area contributed by atoms with Crippen molar-refractivity contribution in [2.45, 2.75) is 5.16 Å². The molecule has 0 bridgehead atoms. The molecule has 0 atom stereocenters. The number of aromatic nitrogens is 3. The van der Waals surface area contributed by atoms with Crippen molar-refractivity contribution in [1.82, 2.24) is 19.7 Å². The number of nitrogens with zero attached hydrogens (tertiary/aromatic N) is 4. The molecule has 0 aliphatic carbocycles.